The molecule has 0 aliphatic carbocycles. The average molecular weight is 342 g/mol. The second-order valence-corrected chi connectivity index (χ2v) is 6.71. The lowest BCUT2D eigenvalue weighted by molar-refractivity contribution is 0.0715. The van der Waals surface area contributed by atoms with Crippen molar-refractivity contribution >= 4 is 27.7 Å². The number of nitrogens with one attached hydrogen (secondary N) is 1. The number of halogens is 1. The first-order chi connectivity index (χ1) is 9.35. The Hall–Kier alpha value is -1.10. The Kier molecular flexibility index (Phi) is 6.46. The molecule has 4 nitrogen and oxygen atoms in total. The lowest BCUT2D eigenvalue weighted by Crippen LogP contribution is -2.37. The SMILES string of the molecule is CNc1ncc(Br)cc1C(=O)N(CC(C)C)CC(C)C. The van der Waals surface area contributed by atoms with Crippen molar-refractivity contribution in [1.82, 2.24) is 9.88 Å². The van der Waals surface area contributed by atoms with Gasteiger partial charge < -0.3 is 10.2 Å². The van der Waals surface area contributed by atoms with E-state index < -0.39 is 0 Å². The van der Waals surface area contributed by atoms with Gasteiger partial charge in [0.15, 0.2) is 0 Å². The standard InChI is InChI=1S/C15H24BrN3O/c1-10(2)8-19(9-11(3)4)15(20)13-6-12(16)7-18-14(13)17-5/h6-7,10-11H,8-9H2,1-5H3,(H,17,18). The average Bonchev–Trinajstić information content (AvgIpc) is 2.36. The van der Waals surface area contributed by atoms with Crippen LogP contribution in [0.5, 0.6) is 0 Å². The fraction of sp³-hybridized carbons (Fsp3) is 0.600. The summed E-state index contributed by atoms with van der Waals surface area (Å²) in [5, 5.41) is 2.99. The number of aromatic nitrogens is 1. The third-order valence-corrected chi connectivity index (χ3v) is 3.21. The molecule has 0 atom stereocenters. The minimum absolute atomic E-state index is 0.0329. The van der Waals surface area contributed by atoms with Crippen molar-refractivity contribution in [1.29, 1.82) is 0 Å². The predicted molar refractivity (Wildman–Crippen MR) is 87.1 cm³/mol. The van der Waals surface area contributed by atoms with Crippen LogP contribution in [0, 0.1) is 11.8 Å². The molecule has 0 saturated heterocycles. The molecule has 1 amide bonds. The molecule has 0 radical (unpaired) electrons. The van der Waals surface area contributed by atoms with E-state index >= 15 is 0 Å². The molecule has 0 saturated carbocycles. The van der Waals surface area contributed by atoms with Crippen LogP contribution in [0.3, 0.4) is 0 Å². The van der Waals surface area contributed by atoms with Gasteiger partial charge in [-0.1, -0.05) is 27.7 Å². The highest BCUT2D eigenvalue weighted by Crippen LogP contribution is 2.20. The van der Waals surface area contributed by atoms with E-state index in [9.17, 15) is 4.79 Å². The third-order valence-electron chi connectivity index (χ3n) is 2.78. The molecule has 20 heavy (non-hydrogen) atoms. The summed E-state index contributed by atoms with van der Waals surface area (Å²) in [7, 11) is 1.78. The molecular weight excluding hydrogens is 318 g/mol. The van der Waals surface area contributed by atoms with Crippen LogP contribution in [0.2, 0.25) is 0 Å². The van der Waals surface area contributed by atoms with E-state index in [4.69, 9.17) is 0 Å². The Bertz CT molecular complexity index is 450. The minimum Gasteiger partial charge on any atom is -0.372 e. The highest BCUT2D eigenvalue weighted by molar-refractivity contribution is 9.10. The van der Waals surface area contributed by atoms with E-state index in [0.717, 1.165) is 17.6 Å². The fourth-order valence-electron chi connectivity index (χ4n) is 2.09. The van der Waals surface area contributed by atoms with Crippen molar-refractivity contribution < 1.29 is 4.79 Å². The van der Waals surface area contributed by atoms with Crippen LogP contribution in [-0.2, 0) is 0 Å². The number of pyridine rings is 1. The lowest BCUT2D eigenvalue weighted by Gasteiger charge is -2.27. The van der Waals surface area contributed by atoms with Crippen LogP contribution < -0.4 is 5.32 Å². The van der Waals surface area contributed by atoms with E-state index in [0.29, 0.717) is 23.2 Å². The van der Waals surface area contributed by atoms with Gasteiger partial charge in [-0.3, -0.25) is 4.79 Å². The van der Waals surface area contributed by atoms with Gasteiger partial charge in [-0.25, -0.2) is 4.98 Å². The zero-order valence-corrected chi connectivity index (χ0v) is 14.5. The maximum atomic E-state index is 12.8. The van der Waals surface area contributed by atoms with Crippen molar-refractivity contribution in [2.45, 2.75) is 27.7 Å². The summed E-state index contributed by atoms with van der Waals surface area (Å²) in [6.45, 7) is 10.0. The monoisotopic (exact) mass is 341 g/mol. The van der Waals surface area contributed by atoms with Gasteiger partial charge in [-0.15, -0.1) is 0 Å². The molecule has 1 N–H and O–H groups in total. The Labute approximate surface area is 130 Å². The van der Waals surface area contributed by atoms with Gasteiger partial charge in [0.05, 0.1) is 5.56 Å². The van der Waals surface area contributed by atoms with Gasteiger partial charge in [-0.2, -0.15) is 0 Å². The molecule has 0 unspecified atom stereocenters. The second-order valence-electron chi connectivity index (χ2n) is 5.80. The highest BCUT2D eigenvalue weighted by Gasteiger charge is 2.21. The third kappa shape index (κ3) is 4.78. The molecule has 1 rings (SSSR count). The molecule has 0 aliphatic heterocycles. The first-order valence-corrected chi connectivity index (χ1v) is 7.77. The van der Waals surface area contributed by atoms with Crippen molar-refractivity contribution in [3.05, 3.63) is 22.3 Å². The minimum atomic E-state index is 0.0329. The van der Waals surface area contributed by atoms with Gasteiger partial charge in [0.2, 0.25) is 0 Å². The summed E-state index contributed by atoms with van der Waals surface area (Å²) < 4.78 is 0.814. The van der Waals surface area contributed by atoms with Crippen LogP contribution >= 0.6 is 15.9 Å². The van der Waals surface area contributed by atoms with Crippen LogP contribution in [0.4, 0.5) is 5.82 Å². The zero-order chi connectivity index (χ0) is 15.3. The Morgan fingerprint density at radius 2 is 1.85 bits per heavy atom. The summed E-state index contributed by atoms with van der Waals surface area (Å²) in [6.07, 6.45) is 1.69. The summed E-state index contributed by atoms with van der Waals surface area (Å²) in [4.78, 5) is 18.9. The first-order valence-electron chi connectivity index (χ1n) is 6.97. The maximum Gasteiger partial charge on any atom is 0.257 e. The fourth-order valence-corrected chi connectivity index (χ4v) is 2.43. The van der Waals surface area contributed by atoms with Gasteiger partial charge in [0, 0.05) is 30.8 Å². The number of nitrogens with zero attached hydrogens (tertiary/aromatic N) is 2. The van der Waals surface area contributed by atoms with Gasteiger partial charge in [0.25, 0.3) is 5.91 Å². The molecular formula is C15H24BrN3O. The van der Waals surface area contributed by atoms with Crippen molar-refractivity contribution in [2.75, 3.05) is 25.5 Å². The van der Waals surface area contributed by atoms with E-state index in [2.05, 4.69) is 53.9 Å². The summed E-state index contributed by atoms with van der Waals surface area (Å²) in [5.41, 5.74) is 0.614. The van der Waals surface area contributed by atoms with E-state index in [1.807, 2.05) is 11.0 Å². The molecule has 0 fully saturated rings. The molecule has 1 heterocycles. The van der Waals surface area contributed by atoms with Gasteiger partial charge in [0.1, 0.15) is 5.82 Å². The zero-order valence-electron chi connectivity index (χ0n) is 12.9. The van der Waals surface area contributed by atoms with Crippen LogP contribution in [0.15, 0.2) is 16.7 Å². The number of hydrogen-bond donors (Lipinski definition) is 1. The van der Waals surface area contributed by atoms with Crippen molar-refractivity contribution in [3.63, 3.8) is 0 Å². The Balaban J connectivity index is 3.07. The lowest BCUT2D eigenvalue weighted by atomic mass is 10.1. The van der Waals surface area contributed by atoms with Gasteiger partial charge in [-0.05, 0) is 33.8 Å². The summed E-state index contributed by atoms with van der Waals surface area (Å²) in [5.74, 6) is 1.54. The predicted octanol–water partition coefficient (Wildman–Crippen LogP) is 3.64. The smallest absolute Gasteiger partial charge is 0.257 e. The topological polar surface area (TPSA) is 45.2 Å². The molecule has 0 spiro atoms. The normalized spacial score (nSPS) is 11.0. The Morgan fingerprint density at radius 1 is 1.30 bits per heavy atom. The molecule has 0 aromatic carbocycles. The largest absolute Gasteiger partial charge is 0.372 e. The highest BCUT2D eigenvalue weighted by atomic mass is 79.9. The summed E-state index contributed by atoms with van der Waals surface area (Å²) >= 11 is 3.38. The van der Waals surface area contributed by atoms with Crippen molar-refractivity contribution in [3.8, 4) is 0 Å². The molecule has 5 heteroatoms. The number of carbonyl (C=O) groups excluding carboxylic acids is 1. The number of anilines is 1. The molecule has 1 aromatic heterocycles. The molecule has 1 aromatic rings. The van der Waals surface area contributed by atoms with Crippen LogP contribution in [0.1, 0.15) is 38.1 Å². The first kappa shape index (κ1) is 17.0. The number of amides is 1. The van der Waals surface area contributed by atoms with Gasteiger partial charge >= 0.3 is 0 Å². The van der Waals surface area contributed by atoms with Crippen LogP contribution in [0.25, 0.3) is 0 Å². The summed E-state index contributed by atoms with van der Waals surface area (Å²) in [6, 6.07) is 1.83. The van der Waals surface area contributed by atoms with Crippen LogP contribution in [-0.4, -0.2) is 35.9 Å². The number of carbonyl (C=O) groups is 1. The molecule has 0 aliphatic rings. The Morgan fingerprint density at radius 3 is 2.30 bits per heavy atom. The molecule has 112 valence electrons. The number of rotatable bonds is 6. The second kappa shape index (κ2) is 7.62. The van der Waals surface area contributed by atoms with E-state index in [-0.39, 0.29) is 5.91 Å². The van der Waals surface area contributed by atoms with Crippen molar-refractivity contribution in [2.24, 2.45) is 11.8 Å². The number of hydrogen-bond acceptors (Lipinski definition) is 3. The molecule has 0 bridgehead atoms. The van der Waals surface area contributed by atoms with E-state index in [1.54, 1.807) is 13.2 Å². The quantitative estimate of drug-likeness (QED) is 0.858. The van der Waals surface area contributed by atoms with E-state index in [1.165, 1.54) is 0 Å². The maximum absolute atomic E-state index is 12.8.